The van der Waals surface area contributed by atoms with Gasteiger partial charge in [0.1, 0.15) is 0 Å². The van der Waals surface area contributed by atoms with Gasteiger partial charge in [-0.05, 0) is 42.1 Å². The van der Waals surface area contributed by atoms with Gasteiger partial charge in [0.25, 0.3) is 11.5 Å². The van der Waals surface area contributed by atoms with Crippen molar-refractivity contribution in [1.82, 2.24) is 10.3 Å². The van der Waals surface area contributed by atoms with E-state index in [0.29, 0.717) is 5.56 Å². The van der Waals surface area contributed by atoms with Gasteiger partial charge in [-0.15, -0.1) is 0 Å². The van der Waals surface area contributed by atoms with Crippen LogP contribution in [0.5, 0.6) is 0 Å². The van der Waals surface area contributed by atoms with E-state index < -0.39 is 17.5 Å². The fraction of sp³-hybridized carbons (Fsp3) is 0.111. The lowest BCUT2D eigenvalue weighted by Gasteiger charge is -2.07. The highest BCUT2D eigenvalue weighted by atomic mass is 19.2. The van der Waals surface area contributed by atoms with Crippen molar-refractivity contribution in [3.05, 3.63) is 81.1 Å². The Bertz CT molecular complexity index is 996. The van der Waals surface area contributed by atoms with E-state index in [4.69, 9.17) is 0 Å². The first-order valence-corrected chi connectivity index (χ1v) is 7.30. The number of carbonyl (C=O) groups is 1. The molecule has 1 amide bonds. The van der Waals surface area contributed by atoms with Crippen molar-refractivity contribution in [3.8, 4) is 0 Å². The van der Waals surface area contributed by atoms with Crippen LogP contribution in [0.15, 0.2) is 47.3 Å². The van der Waals surface area contributed by atoms with E-state index in [9.17, 15) is 18.4 Å². The lowest BCUT2D eigenvalue weighted by Crippen LogP contribution is -2.26. The van der Waals surface area contributed by atoms with Gasteiger partial charge in [0, 0.05) is 17.7 Å². The molecule has 0 fully saturated rings. The summed E-state index contributed by atoms with van der Waals surface area (Å²) in [4.78, 5) is 26.9. The van der Waals surface area contributed by atoms with E-state index in [2.05, 4.69) is 10.3 Å². The molecule has 2 aromatic carbocycles. The Kier molecular flexibility index (Phi) is 4.12. The summed E-state index contributed by atoms with van der Waals surface area (Å²) in [6.07, 6.45) is 0. The second-order valence-corrected chi connectivity index (χ2v) is 5.47. The Morgan fingerprint density at radius 3 is 2.67 bits per heavy atom. The molecule has 0 bridgehead atoms. The van der Waals surface area contributed by atoms with Gasteiger partial charge in [0.05, 0.1) is 5.52 Å². The summed E-state index contributed by atoms with van der Waals surface area (Å²) in [5, 5.41) is 3.39. The summed E-state index contributed by atoms with van der Waals surface area (Å²) < 4.78 is 26.1. The van der Waals surface area contributed by atoms with Crippen molar-refractivity contribution in [2.75, 3.05) is 0 Å². The number of H-pyrrole nitrogens is 1. The van der Waals surface area contributed by atoms with Gasteiger partial charge in [0.2, 0.25) is 0 Å². The van der Waals surface area contributed by atoms with Crippen molar-refractivity contribution in [2.45, 2.75) is 13.5 Å². The van der Waals surface area contributed by atoms with Gasteiger partial charge in [0.15, 0.2) is 11.6 Å². The van der Waals surface area contributed by atoms with Crippen molar-refractivity contribution < 1.29 is 13.6 Å². The molecule has 0 aliphatic rings. The summed E-state index contributed by atoms with van der Waals surface area (Å²) in [7, 11) is 0. The molecule has 0 saturated heterocycles. The molecule has 0 aliphatic carbocycles. The van der Waals surface area contributed by atoms with Crippen LogP contribution in [-0.4, -0.2) is 10.9 Å². The third-order valence-electron chi connectivity index (χ3n) is 3.79. The maximum absolute atomic E-state index is 13.2. The van der Waals surface area contributed by atoms with Crippen molar-refractivity contribution >= 4 is 16.8 Å². The van der Waals surface area contributed by atoms with Gasteiger partial charge < -0.3 is 10.3 Å². The molecule has 0 unspecified atom stereocenters. The SMILES string of the molecule is Cc1cccc2cc(CNC(=O)c3ccc(F)c(F)c3)c(=O)[nH]c12. The highest BCUT2D eigenvalue weighted by Crippen LogP contribution is 2.15. The molecule has 1 heterocycles. The van der Waals surface area contributed by atoms with E-state index in [1.54, 1.807) is 6.07 Å². The molecule has 122 valence electrons. The normalized spacial score (nSPS) is 10.8. The molecular formula is C18H14F2N2O2. The zero-order valence-corrected chi connectivity index (χ0v) is 12.8. The molecule has 0 aliphatic heterocycles. The molecule has 0 saturated carbocycles. The highest BCUT2D eigenvalue weighted by molar-refractivity contribution is 5.94. The second-order valence-electron chi connectivity index (χ2n) is 5.47. The second kappa shape index (κ2) is 6.23. The molecule has 3 aromatic rings. The number of carbonyl (C=O) groups excluding carboxylic acids is 1. The number of aryl methyl sites for hydroxylation is 1. The fourth-order valence-corrected chi connectivity index (χ4v) is 2.47. The van der Waals surface area contributed by atoms with Crippen molar-refractivity contribution in [2.24, 2.45) is 0 Å². The monoisotopic (exact) mass is 328 g/mol. The van der Waals surface area contributed by atoms with E-state index in [-0.39, 0.29) is 17.7 Å². The molecule has 0 spiro atoms. The summed E-state index contributed by atoms with van der Waals surface area (Å²) in [5.74, 6) is -2.70. The van der Waals surface area contributed by atoms with Crippen LogP contribution >= 0.6 is 0 Å². The van der Waals surface area contributed by atoms with Gasteiger partial charge in [-0.1, -0.05) is 18.2 Å². The maximum atomic E-state index is 13.2. The zero-order chi connectivity index (χ0) is 17.3. The minimum atomic E-state index is -1.10. The summed E-state index contributed by atoms with van der Waals surface area (Å²) in [5.41, 5.74) is 1.76. The summed E-state index contributed by atoms with van der Waals surface area (Å²) >= 11 is 0. The molecule has 1 aromatic heterocycles. The third kappa shape index (κ3) is 3.03. The molecule has 2 N–H and O–H groups in total. The van der Waals surface area contributed by atoms with Crippen LogP contribution in [0.2, 0.25) is 0 Å². The van der Waals surface area contributed by atoms with E-state index in [1.807, 2.05) is 25.1 Å². The van der Waals surface area contributed by atoms with Crippen LogP contribution in [0, 0.1) is 18.6 Å². The topological polar surface area (TPSA) is 62.0 Å². The van der Waals surface area contributed by atoms with Crippen LogP contribution in [0.4, 0.5) is 8.78 Å². The van der Waals surface area contributed by atoms with Gasteiger partial charge in [-0.2, -0.15) is 0 Å². The molecule has 24 heavy (non-hydrogen) atoms. The van der Waals surface area contributed by atoms with Gasteiger partial charge >= 0.3 is 0 Å². The smallest absolute Gasteiger partial charge is 0.253 e. The highest BCUT2D eigenvalue weighted by Gasteiger charge is 2.11. The number of fused-ring (bicyclic) bond motifs is 1. The molecule has 6 heteroatoms. The van der Waals surface area contributed by atoms with Crippen LogP contribution in [0.1, 0.15) is 21.5 Å². The molecule has 4 nitrogen and oxygen atoms in total. The first-order valence-electron chi connectivity index (χ1n) is 7.30. The largest absolute Gasteiger partial charge is 0.348 e. The Hall–Kier alpha value is -3.02. The maximum Gasteiger partial charge on any atom is 0.253 e. The van der Waals surface area contributed by atoms with Crippen LogP contribution in [0.3, 0.4) is 0 Å². The standard InChI is InChI=1S/C18H14F2N2O2/c1-10-3-2-4-11-7-13(18(24)22-16(10)11)9-21-17(23)12-5-6-14(19)15(20)8-12/h2-8H,9H2,1H3,(H,21,23)(H,22,24). The molecule has 0 radical (unpaired) electrons. The average molecular weight is 328 g/mol. The molecule has 3 rings (SSSR count). The number of pyridine rings is 1. The van der Waals surface area contributed by atoms with Crippen LogP contribution < -0.4 is 10.9 Å². The zero-order valence-electron chi connectivity index (χ0n) is 12.8. The van der Waals surface area contributed by atoms with Gasteiger partial charge in [-0.3, -0.25) is 9.59 Å². The Labute approximate surface area is 136 Å². The number of aromatic nitrogens is 1. The summed E-state index contributed by atoms with van der Waals surface area (Å²) in [6.45, 7) is 1.87. The minimum absolute atomic E-state index is 0.0121. The Morgan fingerprint density at radius 2 is 1.92 bits per heavy atom. The van der Waals surface area contributed by atoms with E-state index in [1.165, 1.54) is 6.07 Å². The number of rotatable bonds is 3. The number of halogens is 2. The lowest BCUT2D eigenvalue weighted by atomic mass is 10.1. The van der Waals surface area contributed by atoms with Crippen molar-refractivity contribution in [1.29, 1.82) is 0 Å². The first kappa shape index (κ1) is 15.9. The van der Waals surface area contributed by atoms with Crippen LogP contribution in [-0.2, 0) is 6.54 Å². The van der Waals surface area contributed by atoms with Crippen LogP contribution in [0.25, 0.3) is 10.9 Å². The number of hydrogen-bond acceptors (Lipinski definition) is 2. The van der Waals surface area contributed by atoms with E-state index in [0.717, 1.165) is 28.6 Å². The first-order chi connectivity index (χ1) is 11.5. The number of para-hydroxylation sites is 1. The quantitative estimate of drug-likeness (QED) is 0.776. The molecular weight excluding hydrogens is 314 g/mol. The third-order valence-corrected chi connectivity index (χ3v) is 3.79. The number of hydrogen-bond donors (Lipinski definition) is 2. The predicted octanol–water partition coefficient (Wildman–Crippen LogP) is 3.04. The predicted molar refractivity (Wildman–Crippen MR) is 86.8 cm³/mol. The molecule has 0 atom stereocenters. The Morgan fingerprint density at radius 1 is 1.12 bits per heavy atom. The number of nitrogens with one attached hydrogen (secondary N) is 2. The number of aromatic amines is 1. The number of benzene rings is 2. The Balaban J connectivity index is 1.82. The minimum Gasteiger partial charge on any atom is -0.348 e. The van der Waals surface area contributed by atoms with Crippen molar-refractivity contribution in [3.63, 3.8) is 0 Å². The van der Waals surface area contributed by atoms with Gasteiger partial charge in [-0.25, -0.2) is 8.78 Å². The fourth-order valence-electron chi connectivity index (χ4n) is 2.47. The average Bonchev–Trinajstić information content (AvgIpc) is 2.56. The number of amides is 1. The summed E-state index contributed by atoms with van der Waals surface area (Å²) in [6, 6.07) is 10.2. The lowest BCUT2D eigenvalue weighted by molar-refractivity contribution is 0.0950. The van der Waals surface area contributed by atoms with E-state index >= 15 is 0 Å².